The minimum absolute atomic E-state index is 0.0850. The second-order valence-corrected chi connectivity index (χ2v) is 3.16. The number of hydrogen-bond donors (Lipinski definition) is 2. The van der Waals surface area contributed by atoms with E-state index in [1.807, 2.05) is 6.92 Å². The first-order valence-corrected chi connectivity index (χ1v) is 4.26. The average molecular weight is 197 g/mol. The number of rotatable bonds is 7. The summed E-state index contributed by atoms with van der Waals surface area (Å²) in [6, 6.07) is 0. The van der Waals surface area contributed by atoms with Crippen LogP contribution in [-0.4, -0.2) is 43.4 Å². The molecular weight excluding hydrogens is 180 g/mol. The van der Waals surface area contributed by atoms with Crippen LogP contribution in [0.1, 0.15) is 13.8 Å². The fourth-order valence-electron chi connectivity index (χ4n) is 0.953. The second-order valence-electron chi connectivity index (χ2n) is 3.16. The van der Waals surface area contributed by atoms with Gasteiger partial charge in [-0.3, -0.25) is 0 Å². The van der Waals surface area contributed by atoms with Gasteiger partial charge in [-0.05, 0) is 13.5 Å². The van der Waals surface area contributed by atoms with Crippen LogP contribution in [0.25, 0.3) is 0 Å². The highest BCUT2D eigenvalue weighted by molar-refractivity contribution is 4.81. The zero-order valence-electron chi connectivity index (χ0n) is 8.02. The van der Waals surface area contributed by atoms with Crippen LogP contribution in [0.4, 0.5) is 8.78 Å². The predicted octanol–water partition coefficient (Wildman–Crippen LogP) is 0.629. The summed E-state index contributed by atoms with van der Waals surface area (Å²) in [6.45, 7) is 3.63. The molecule has 3 nitrogen and oxygen atoms in total. The maximum Gasteiger partial charge on any atom is 0.261 e. The maximum absolute atomic E-state index is 11.7. The summed E-state index contributed by atoms with van der Waals surface area (Å²) in [5, 5.41) is 11.9. The Morgan fingerprint density at radius 1 is 1.54 bits per heavy atom. The molecule has 5 heteroatoms. The highest BCUT2D eigenvalue weighted by atomic mass is 19.3. The average Bonchev–Trinajstić information content (AvgIpc) is 2.04. The molecule has 0 aromatic carbocycles. The molecule has 0 fully saturated rings. The van der Waals surface area contributed by atoms with Gasteiger partial charge in [0, 0.05) is 0 Å². The van der Waals surface area contributed by atoms with Crippen molar-refractivity contribution in [3.05, 3.63) is 0 Å². The summed E-state index contributed by atoms with van der Waals surface area (Å²) in [6.07, 6.45) is -2.45. The standard InChI is InChI=1S/C8H17F2NO2/c1-3-11-8(2,5-12)6-13-4-7(9)10/h7,11-12H,3-6H2,1-2H3. The zero-order chi connectivity index (χ0) is 10.3. The predicted molar refractivity (Wildman–Crippen MR) is 46.0 cm³/mol. The summed E-state index contributed by atoms with van der Waals surface area (Å²) < 4.78 is 28.1. The van der Waals surface area contributed by atoms with E-state index in [1.54, 1.807) is 6.92 Å². The van der Waals surface area contributed by atoms with E-state index < -0.39 is 18.6 Å². The molecule has 0 aromatic rings. The van der Waals surface area contributed by atoms with Gasteiger partial charge in [-0.25, -0.2) is 8.78 Å². The van der Waals surface area contributed by atoms with Crippen molar-refractivity contribution >= 4 is 0 Å². The van der Waals surface area contributed by atoms with Crippen molar-refractivity contribution in [1.29, 1.82) is 0 Å². The fourth-order valence-corrected chi connectivity index (χ4v) is 0.953. The number of aliphatic hydroxyl groups is 1. The maximum atomic E-state index is 11.7. The molecule has 0 aromatic heterocycles. The Kier molecular flexibility index (Phi) is 6.11. The molecule has 0 amide bonds. The normalized spacial score (nSPS) is 16.2. The molecule has 0 bridgehead atoms. The van der Waals surface area contributed by atoms with E-state index in [-0.39, 0.29) is 13.2 Å². The molecule has 1 unspecified atom stereocenters. The van der Waals surface area contributed by atoms with Crippen molar-refractivity contribution in [2.75, 3.05) is 26.4 Å². The largest absolute Gasteiger partial charge is 0.394 e. The van der Waals surface area contributed by atoms with Gasteiger partial charge >= 0.3 is 0 Å². The van der Waals surface area contributed by atoms with E-state index in [1.165, 1.54) is 0 Å². The monoisotopic (exact) mass is 197 g/mol. The topological polar surface area (TPSA) is 41.5 Å². The Balaban J connectivity index is 3.69. The molecule has 13 heavy (non-hydrogen) atoms. The highest BCUT2D eigenvalue weighted by Crippen LogP contribution is 2.04. The van der Waals surface area contributed by atoms with Gasteiger partial charge in [0.15, 0.2) is 0 Å². The third kappa shape index (κ3) is 5.90. The van der Waals surface area contributed by atoms with Crippen LogP contribution in [0.3, 0.4) is 0 Å². The van der Waals surface area contributed by atoms with Crippen LogP contribution in [-0.2, 0) is 4.74 Å². The minimum atomic E-state index is -2.45. The second kappa shape index (κ2) is 6.23. The molecule has 1 atom stereocenters. The fraction of sp³-hybridized carbons (Fsp3) is 1.00. The van der Waals surface area contributed by atoms with Gasteiger partial charge in [-0.2, -0.15) is 0 Å². The van der Waals surface area contributed by atoms with Gasteiger partial charge in [0.2, 0.25) is 0 Å². The molecule has 0 saturated heterocycles. The van der Waals surface area contributed by atoms with Gasteiger partial charge in [0.25, 0.3) is 6.43 Å². The Bertz CT molecular complexity index is 135. The van der Waals surface area contributed by atoms with E-state index in [9.17, 15) is 8.78 Å². The van der Waals surface area contributed by atoms with Crippen molar-refractivity contribution in [3.8, 4) is 0 Å². The molecule has 0 aliphatic rings. The molecule has 2 N–H and O–H groups in total. The van der Waals surface area contributed by atoms with E-state index in [2.05, 4.69) is 5.32 Å². The first-order chi connectivity index (χ1) is 6.04. The van der Waals surface area contributed by atoms with Crippen molar-refractivity contribution in [2.45, 2.75) is 25.8 Å². The van der Waals surface area contributed by atoms with Gasteiger partial charge < -0.3 is 15.2 Å². The van der Waals surface area contributed by atoms with Crippen molar-refractivity contribution in [1.82, 2.24) is 5.32 Å². The van der Waals surface area contributed by atoms with Crippen LogP contribution < -0.4 is 5.32 Å². The molecule has 0 aliphatic heterocycles. The van der Waals surface area contributed by atoms with Crippen LogP contribution >= 0.6 is 0 Å². The first-order valence-electron chi connectivity index (χ1n) is 4.26. The lowest BCUT2D eigenvalue weighted by Gasteiger charge is -2.27. The Morgan fingerprint density at radius 3 is 2.54 bits per heavy atom. The Morgan fingerprint density at radius 2 is 2.15 bits per heavy atom. The molecule has 0 aliphatic carbocycles. The summed E-state index contributed by atoms with van der Waals surface area (Å²) in [5.41, 5.74) is -0.621. The summed E-state index contributed by atoms with van der Waals surface area (Å²) in [7, 11) is 0. The first kappa shape index (κ1) is 12.7. The molecule has 0 heterocycles. The van der Waals surface area contributed by atoms with Crippen LogP contribution in [0.2, 0.25) is 0 Å². The number of likely N-dealkylation sites (N-methyl/N-ethyl adjacent to an activating group) is 1. The summed E-state index contributed by atoms with van der Waals surface area (Å²) >= 11 is 0. The van der Waals surface area contributed by atoms with E-state index in [4.69, 9.17) is 9.84 Å². The lowest BCUT2D eigenvalue weighted by Crippen LogP contribution is -2.49. The molecule has 0 rings (SSSR count). The lowest BCUT2D eigenvalue weighted by molar-refractivity contribution is -0.0156. The summed E-state index contributed by atoms with van der Waals surface area (Å²) in [4.78, 5) is 0. The van der Waals surface area contributed by atoms with E-state index in [0.29, 0.717) is 6.54 Å². The molecule has 0 radical (unpaired) electrons. The van der Waals surface area contributed by atoms with Gasteiger partial charge in [-0.1, -0.05) is 6.92 Å². The third-order valence-electron chi connectivity index (χ3n) is 1.62. The zero-order valence-corrected chi connectivity index (χ0v) is 8.02. The number of aliphatic hydroxyl groups excluding tert-OH is 1. The molecule has 0 spiro atoms. The Hall–Kier alpha value is -0.260. The molecule has 0 saturated carbocycles. The van der Waals surface area contributed by atoms with E-state index in [0.717, 1.165) is 0 Å². The van der Waals surface area contributed by atoms with Crippen molar-refractivity contribution < 1.29 is 18.6 Å². The SMILES string of the molecule is CCNC(C)(CO)COCC(F)F. The summed E-state index contributed by atoms with van der Waals surface area (Å²) in [5.74, 6) is 0. The highest BCUT2D eigenvalue weighted by Gasteiger charge is 2.22. The van der Waals surface area contributed by atoms with Crippen molar-refractivity contribution in [3.63, 3.8) is 0 Å². The quantitative estimate of drug-likeness (QED) is 0.629. The Labute approximate surface area is 77.1 Å². The van der Waals surface area contributed by atoms with Crippen molar-refractivity contribution in [2.24, 2.45) is 0 Å². The van der Waals surface area contributed by atoms with E-state index >= 15 is 0 Å². The van der Waals surface area contributed by atoms with Gasteiger partial charge in [-0.15, -0.1) is 0 Å². The third-order valence-corrected chi connectivity index (χ3v) is 1.62. The number of halogens is 2. The van der Waals surface area contributed by atoms with Gasteiger partial charge in [0.1, 0.15) is 6.61 Å². The number of nitrogens with one attached hydrogen (secondary N) is 1. The number of hydrogen-bond acceptors (Lipinski definition) is 3. The lowest BCUT2D eigenvalue weighted by atomic mass is 10.1. The molecular formula is C8H17F2NO2. The van der Waals surface area contributed by atoms with Crippen LogP contribution in [0.15, 0.2) is 0 Å². The number of ether oxygens (including phenoxy) is 1. The number of alkyl halides is 2. The minimum Gasteiger partial charge on any atom is -0.394 e. The van der Waals surface area contributed by atoms with Crippen LogP contribution in [0, 0.1) is 0 Å². The van der Waals surface area contributed by atoms with Gasteiger partial charge in [0.05, 0.1) is 18.8 Å². The van der Waals surface area contributed by atoms with Crippen LogP contribution in [0.5, 0.6) is 0 Å². The molecule has 80 valence electrons. The smallest absolute Gasteiger partial charge is 0.261 e.